The van der Waals surface area contributed by atoms with E-state index in [0.29, 0.717) is 0 Å². The number of urea groups is 1. The van der Waals surface area contributed by atoms with E-state index in [-0.39, 0.29) is 0 Å². The second kappa shape index (κ2) is 2.57. The normalized spacial score (nSPS) is 24.7. The molecule has 5 nitrogen and oxygen atoms in total. The van der Waals surface area contributed by atoms with E-state index >= 15 is 0 Å². The number of imide groups is 1. The van der Waals surface area contributed by atoms with Crippen molar-refractivity contribution in [3.8, 4) is 0 Å². The summed E-state index contributed by atoms with van der Waals surface area (Å²) in [5.41, 5.74) is 0. The zero-order valence-electron chi connectivity index (χ0n) is 5.33. The summed E-state index contributed by atoms with van der Waals surface area (Å²) in [6.45, 7) is 0. The molecule has 3 amide bonds. The number of hydrogen-bond acceptors (Lipinski definition) is 3. The average molecular weight is 142 g/mol. The molecule has 1 aliphatic heterocycles. The van der Waals surface area contributed by atoms with E-state index in [1.165, 1.54) is 13.3 Å². The average Bonchev–Trinajstić information content (AvgIpc) is 1.88. The minimum atomic E-state index is -0.724. The molecule has 0 aromatic heterocycles. The Hall–Kier alpha value is -1.23. The van der Waals surface area contributed by atoms with E-state index in [1.807, 2.05) is 5.32 Å². The van der Waals surface area contributed by atoms with Gasteiger partial charge in [-0.1, -0.05) is 0 Å². The summed E-state index contributed by atoms with van der Waals surface area (Å²) in [5, 5.41) is 1.98. The first-order valence-electron chi connectivity index (χ1n) is 2.66. The summed E-state index contributed by atoms with van der Waals surface area (Å²) in [6, 6.07) is -0.640. The van der Waals surface area contributed by atoms with Crippen molar-refractivity contribution in [1.29, 1.82) is 0 Å². The summed E-state index contributed by atoms with van der Waals surface area (Å²) in [4.78, 5) is 24.3. The van der Waals surface area contributed by atoms with E-state index in [9.17, 15) is 9.59 Å². The highest BCUT2D eigenvalue weighted by Crippen LogP contribution is 1.92. The van der Waals surface area contributed by atoms with Crippen molar-refractivity contribution >= 4 is 18.2 Å². The molecule has 1 atom stereocenters. The van der Waals surface area contributed by atoms with Crippen LogP contribution in [0, 0.1) is 0 Å². The van der Waals surface area contributed by atoms with E-state index in [2.05, 4.69) is 9.73 Å². The van der Waals surface area contributed by atoms with Gasteiger partial charge in [0.15, 0.2) is 6.10 Å². The van der Waals surface area contributed by atoms with Crippen LogP contribution in [0.25, 0.3) is 0 Å². The number of carbonyl (C=O) groups excluding carboxylic acids is 2. The van der Waals surface area contributed by atoms with Crippen LogP contribution in [-0.2, 0) is 9.53 Å². The minimum Gasteiger partial charge on any atom is -0.366 e. The predicted molar refractivity (Wildman–Crippen MR) is 32.8 cm³/mol. The van der Waals surface area contributed by atoms with Gasteiger partial charge >= 0.3 is 6.03 Å². The standard InChI is InChI=1S/C5H6N2O3/c1-10-3-2-6-5(9)7-4(3)8/h2-3H,1H3,(H,7,8,9). The number of carbonyl (C=O) groups is 2. The van der Waals surface area contributed by atoms with E-state index in [0.717, 1.165) is 0 Å². The number of nitrogens with one attached hydrogen (secondary N) is 1. The van der Waals surface area contributed by atoms with Crippen molar-refractivity contribution in [2.45, 2.75) is 6.10 Å². The van der Waals surface area contributed by atoms with Crippen LogP contribution >= 0.6 is 0 Å². The Morgan fingerprint density at radius 1 is 1.70 bits per heavy atom. The molecule has 0 aliphatic carbocycles. The summed E-state index contributed by atoms with van der Waals surface area (Å²) < 4.78 is 4.64. The second-order valence-electron chi connectivity index (χ2n) is 1.73. The largest absolute Gasteiger partial charge is 0.366 e. The summed E-state index contributed by atoms with van der Waals surface area (Å²) in [7, 11) is 1.37. The predicted octanol–water partition coefficient (Wildman–Crippen LogP) is -0.678. The lowest BCUT2D eigenvalue weighted by Crippen LogP contribution is -2.43. The maximum Gasteiger partial charge on any atom is 0.347 e. The highest BCUT2D eigenvalue weighted by molar-refractivity contribution is 6.11. The fraction of sp³-hybridized carbons (Fsp3) is 0.400. The molecule has 1 N–H and O–H groups in total. The van der Waals surface area contributed by atoms with Crippen LogP contribution in [0.2, 0.25) is 0 Å². The summed E-state index contributed by atoms with van der Waals surface area (Å²) >= 11 is 0. The van der Waals surface area contributed by atoms with Crippen molar-refractivity contribution in [1.82, 2.24) is 5.32 Å². The lowest BCUT2D eigenvalue weighted by Gasteiger charge is -2.11. The van der Waals surface area contributed by atoms with Crippen LogP contribution in [0.1, 0.15) is 0 Å². The molecule has 1 unspecified atom stereocenters. The van der Waals surface area contributed by atoms with Crippen molar-refractivity contribution in [2.75, 3.05) is 7.11 Å². The Bertz CT molecular complexity index is 199. The number of methoxy groups -OCH3 is 1. The molecule has 5 heteroatoms. The Balaban J connectivity index is 2.71. The van der Waals surface area contributed by atoms with Gasteiger partial charge < -0.3 is 4.74 Å². The van der Waals surface area contributed by atoms with Crippen LogP contribution < -0.4 is 5.32 Å². The molecule has 0 bridgehead atoms. The van der Waals surface area contributed by atoms with E-state index < -0.39 is 18.0 Å². The number of nitrogens with zero attached hydrogens (tertiary/aromatic N) is 1. The van der Waals surface area contributed by atoms with Gasteiger partial charge in [0.2, 0.25) is 0 Å². The maximum absolute atomic E-state index is 10.7. The highest BCUT2D eigenvalue weighted by atomic mass is 16.5. The fourth-order valence-corrected chi connectivity index (χ4v) is 0.580. The zero-order chi connectivity index (χ0) is 7.56. The van der Waals surface area contributed by atoms with Crippen LogP contribution in [0.4, 0.5) is 4.79 Å². The van der Waals surface area contributed by atoms with Crippen LogP contribution in [0.5, 0.6) is 0 Å². The molecule has 0 aromatic rings. The van der Waals surface area contributed by atoms with Crippen LogP contribution in [0.15, 0.2) is 4.99 Å². The summed E-state index contributed by atoms with van der Waals surface area (Å²) in [5.74, 6) is -0.470. The number of amides is 3. The van der Waals surface area contributed by atoms with Crippen molar-refractivity contribution in [3.05, 3.63) is 0 Å². The molecule has 1 aliphatic rings. The van der Waals surface area contributed by atoms with Gasteiger partial charge in [-0.3, -0.25) is 10.1 Å². The molecule has 10 heavy (non-hydrogen) atoms. The monoisotopic (exact) mass is 142 g/mol. The van der Waals surface area contributed by atoms with Gasteiger partial charge in [-0.2, -0.15) is 0 Å². The molecule has 0 saturated carbocycles. The van der Waals surface area contributed by atoms with Gasteiger partial charge in [-0.25, -0.2) is 9.79 Å². The fourth-order valence-electron chi connectivity index (χ4n) is 0.580. The van der Waals surface area contributed by atoms with Crippen molar-refractivity contribution in [2.24, 2.45) is 4.99 Å². The van der Waals surface area contributed by atoms with Gasteiger partial charge in [-0.15, -0.1) is 0 Å². The van der Waals surface area contributed by atoms with Gasteiger partial charge in [0.1, 0.15) is 0 Å². The molecule has 0 saturated heterocycles. The second-order valence-corrected chi connectivity index (χ2v) is 1.73. The third-order valence-corrected chi connectivity index (χ3v) is 1.07. The number of hydrogen-bond donors (Lipinski definition) is 1. The Morgan fingerprint density at radius 3 is 2.90 bits per heavy atom. The number of ether oxygens (including phenoxy) is 1. The third kappa shape index (κ3) is 1.19. The topological polar surface area (TPSA) is 67.8 Å². The molecule has 0 spiro atoms. The first kappa shape index (κ1) is 6.88. The van der Waals surface area contributed by atoms with Gasteiger partial charge in [0, 0.05) is 13.3 Å². The molecule has 54 valence electrons. The van der Waals surface area contributed by atoms with Gasteiger partial charge in [-0.05, 0) is 0 Å². The minimum absolute atomic E-state index is 0.470. The van der Waals surface area contributed by atoms with E-state index in [4.69, 9.17) is 0 Å². The molecule has 0 radical (unpaired) electrons. The van der Waals surface area contributed by atoms with Crippen molar-refractivity contribution in [3.63, 3.8) is 0 Å². The smallest absolute Gasteiger partial charge is 0.347 e. The first-order chi connectivity index (χ1) is 4.74. The SMILES string of the molecule is COC1C=NC(=O)NC1=O. The first-order valence-corrected chi connectivity index (χ1v) is 2.66. The van der Waals surface area contributed by atoms with E-state index in [1.54, 1.807) is 0 Å². The third-order valence-electron chi connectivity index (χ3n) is 1.07. The molecule has 0 fully saturated rings. The lowest BCUT2D eigenvalue weighted by atomic mass is 10.3. The Morgan fingerprint density at radius 2 is 2.40 bits per heavy atom. The molecular formula is C5H6N2O3. The van der Waals surface area contributed by atoms with Crippen molar-refractivity contribution < 1.29 is 14.3 Å². The van der Waals surface area contributed by atoms with Crippen LogP contribution in [-0.4, -0.2) is 31.4 Å². The Labute approximate surface area is 57.1 Å². The Kier molecular flexibility index (Phi) is 1.77. The lowest BCUT2D eigenvalue weighted by molar-refractivity contribution is -0.126. The number of rotatable bonds is 1. The quantitative estimate of drug-likeness (QED) is 0.527. The molecule has 1 rings (SSSR count). The van der Waals surface area contributed by atoms with Gasteiger partial charge in [0.05, 0.1) is 0 Å². The summed E-state index contributed by atoms with van der Waals surface area (Å²) in [6.07, 6.45) is 0.443. The molecular weight excluding hydrogens is 136 g/mol. The maximum atomic E-state index is 10.7. The van der Waals surface area contributed by atoms with Gasteiger partial charge in [0.25, 0.3) is 5.91 Å². The molecule has 0 aromatic carbocycles. The number of aliphatic imine (C=N–C) groups is 1. The molecule has 1 heterocycles. The highest BCUT2D eigenvalue weighted by Gasteiger charge is 2.21. The zero-order valence-corrected chi connectivity index (χ0v) is 5.33. The van der Waals surface area contributed by atoms with Crippen LogP contribution in [0.3, 0.4) is 0 Å².